The van der Waals surface area contributed by atoms with Crippen molar-refractivity contribution in [1.29, 1.82) is 0 Å². The highest BCUT2D eigenvalue weighted by atomic mass is 32.2. The van der Waals surface area contributed by atoms with E-state index in [1.165, 1.54) is 21.6 Å². The van der Waals surface area contributed by atoms with E-state index in [4.69, 9.17) is 0 Å². The summed E-state index contributed by atoms with van der Waals surface area (Å²) in [4.78, 5) is 26.7. The summed E-state index contributed by atoms with van der Waals surface area (Å²) < 4.78 is 23.1. The molecule has 0 aliphatic carbocycles. The Kier molecular flexibility index (Phi) is 4.72. The maximum Gasteiger partial charge on any atom is 0.327 e. The number of hydrogen-bond donors (Lipinski definition) is 1. The van der Waals surface area contributed by atoms with Gasteiger partial charge in [-0.2, -0.15) is 0 Å². The molecule has 3 atom stereocenters. The minimum atomic E-state index is -3.08. The maximum atomic E-state index is 12.6. The molecule has 2 saturated heterocycles. The number of rotatable bonds is 3. The van der Waals surface area contributed by atoms with Crippen LogP contribution in [0.5, 0.6) is 0 Å². The largest absolute Gasteiger partial charge is 0.480 e. The van der Waals surface area contributed by atoms with E-state index in [9.17, 15) is 23.1 Å². The number of nitrogens with zero attached hydrogens (tertiary/aromatic N) is 2. The van der Waals surface area contributed by atoms with Crippen LogP contribution in [0.15, 0.2) is 0 Å². The fourth-order valence-corrected chi connectivity index (χ4v) is 5.86. The van der Waals surface area contributed by atoms with Gasteiger partial charge in [0, 0.05) is 18.8 Å². The predicted molar refractivity (Wildman–Crippen MR) is 80.0 cm³/mol. The Morgan fingerprint density at radius 3 is 2.57 bits per heavy atom. The third-order valence-corrected chi connectivity index (χ3v) is 7.21. The summed E-state index contributed by atoms with van der Waals surface area (Å²) >= 11 is 1.45. The van der Waals surface area contributed by atoms with Crippen molar-refractivity contribution in [3.8, 4) is 0 Å². The van der Waals surface area contributed by atoms with Crippen molar-refractivity contribution in [1.82, 2.24) is 9.80 Å². The summed E-state index contributed by atoms with van der Waals surface area (Å²) in [7, 11) is -1.52. The topological polar surface area (TPSA) is 95.0 Å². The SMILES string of the molecule is CCC1SCC(C(=O)O)N1C(=O)N(C)C1CCS(=O)(=O)C1. The minimum absolute atomic E-state index is 0.0370. The molecule has 0 saturated carbocycles. The van der Waals surface area contributed by atoms with Crippen LogP contribution in [-0.4, -0.2) is 77.1 Å². The van der Waals surface area contributed by atoms with Gasteiger partial charge in [-0.25, -0.2) is 18.0 Å². The second kappa shape index (κ2) is 6.04. The number of amides is 2. The Labute approximate surface area is 128 Å². The normalized spacial score (nSPS) is 31.3. The zero-order chi connectivity index (χ0) is 15.8. The molecular weight excluding hydrogens is 316 g/mol. The molecule has 2 fully saturated rings. The first kappa shape index (κ1) is 16.4. The smallest absolute Gasteiger partial charge is 0.327 e. The van der Waals surface area contributed by atoms with Crippen molar-refractivity contribution in [2.45, 2.75) is 37.2 Å². The van der Waals surface area contributed by atoms with Gasteiger partial charge in [0.05, 0.1) is 16.9 Å². The average molecular weight is 336 g/mol. The summed E-state index contributed by atoms with van der Waals surface area (Å²) in [5.74, 6) is -0.593. The first-order valence-corrected chi connectivity index (χ1v) is 9.73. The number of carboxylic acids is 1. The van der Waals surface area contributed by atoms with Crippen LogP contribution in [-0.2, 0) is 14.6 Å². The molecule has 120 valence electrons. The number of aliphatic carboxylic acids is 1. The number of carbonyl (C=O) groups is 2. The third-order valence-electron chi connectivity index (χ3n) is 4.01. The molecular formula is C12H20N2O5S2. The monoisotopic (exact) mass is 336 g/mol. The highest BCUT2D eigenvalue weighted by molar-refractivity contribution is 8.00. The van der Waals surface area contributed by atoms with E-state index in [1.807, 2.05) is 6.92 Å². The average Bonchev–Trinajstić information content (AvgIpc) is 2.99. The first-order valence-electron chi connectivity index (χ1n) is 6.86. The maximum absolute atomic E-state index is 12.6. The zero-order valence-corrected chi connectivity index (χ0v) is 13.7. The molecule has 0 radical (unpaired) electrons. The molecule has 21 heavy (non-hydrogen) atoms. The number of sulfone groups is 1. The Bertz CT molecular complexity index is 536. The summed E-state index contributed by atoms with van der Waals surface area (Å²) in [6, 6.07) is -1.59. The molecule has 0 bridgehead atoms. The lowest BCUT2D eigenvalue weighted by Crippen LogP contribution is -2.53. The van der Waals surface area contributed by atoms with E-state index in [0.717, 1.165) is 0 Å². The molecule has 3 unspecified atom stereocenters. The standard InChI is InChI=1S/C12H20N2O5S2/c1-3-10-14(9(6-20-10)11(15)16)12(17)13(2)8-4-5-21(18,19)7-8/h8-10H,3-7H2,1-2H3,(H,15,16). The van der Waals surface area contributed by atoms with Gasteiger partial charge >= 0.3 is 12.0 Å². The predicted octanol–water partition coefficient (Wildman–Crippen LogP) is 0.463. The van der Waals surface area contributed by atoms with Gasteiger partial charge in [-0.05, 0) is 12.8 Å². The molecule has 2 rings (SSSR count). The lowest BCUT2D eigenvalue weighted by Gasteiger charge is -2.33. The van der Waals surface area contributed by atoms with Crippen LogP contribution in [0.25, 0.3) is 0 Å². The van der Waals surface area contributed by atoms with Crippen LogP contribution < -0.4 is 0 Å². The molecule has 0 aromatic carbocycles. The van der Waals surface area contributed by atoms with Gasteiger partial charge in [-0.3, -0.25) is 4.90 Å². The number of hydrogen-bond acceptors (Lipinski definition) is 5. The van der Waals surface area contributed by atoms with Gasteiger partial charge < -0.3 is 10.0 Å². The summed E-state index contributed by atoms with van der Waals surface area (Å²) in [6.45, 7) is 1.90. The fraction of sp³-hybridized carbons (Fsp3) is 0.833. The van der Waals surface area contributed by atoms with Gasteiger partial charge in [-0.15, -0.1) is 11.8 Å². The number of carbonyl (C=O) groups excluding carboxylic acids is 1. The van der Waals surface area contributed by atoms with E-state index < -0.39 is 21.8 Å². The van der Waals surface area contributed by atoms with Crippen molar-refractivity contribution in [3.05, 3.63) is 0 Å². The van der Waals surface area contributed by atoms with Gasteiger partial charge in [-0.1, -0.05) is 6.92 Å². The van der Waals surface area contributed by atoms with Crippen LogP contribution in [0.4, 0.5) is 4.79 Å². The molecule has 2 heterocycles. The Morgan fingerprint density at radius 2 is 2.10 bits per heavy atom. The van der Waals surface area contributed by atoms with E-state index in [0.29, 0.717) is 18.6 Å². The van der Waals surface area contributed by atoms with Crippen LogP contribution in [0, 0.1) is 0 Å². The third kappa shape index (κ3) is 3.28. The highest BCUT2D eigenvalue weighted by Crippen LogP contribution is 2.33. The molecule has 7 nitrogen and oxygen atoms in total. The van der Waals surface area contributed by atoms with Gasteiger partial charge in [0.25, 0.3) is 0 Å². The molecule has 9 heteroatoms. The molecule has 0 aromatic heterocycles. The Balaban J connectivity index is 2.15. The molecule has 2 amide bonds. The van der Waals surface area contributed by atoms with E-state index in [2.05, 4.69) is 0 Å². The second-order valence-corrected chi connectivity index (χ2v) is 8.85. The van der Waals surface area contributed by atoms with E-state index in [1.54, 1.807) is 7.05 Å². The fourth-order valence-electron chi connectivity index (χ4n) is 2.74. The number of urea groups is 1. The van der Waals surface area contributed by atoms with Crippen LogP contribution >= 0.6 is 11.8 Å². The van der Waals surface area contributed by atoms with Gasteiger partial charge in [0.2, 0.25) is 0 Å². The minimum Gasteiger partial charge on any atom is -0.480 e. The summed E-state index contributed by atoms with van der Waals surface area (Å²) in [6.07, 6.45) is 1.08. The Morgan fingerprint density at radius 1 is 1.43 bits per heavy atom. The first-order chi connectivity index (χ1) is 9.76. The van der Waals surface area contributed by atoms with Crippen molar-refractivity contribution in [2.75, 3.05) is 24.3 Å². The van der Waals surface area contributed by atoms with Gasteiger partial charge in [0.15, 0.2) is 9.84 Å². The Hall–Kier alpha value is -0.960. The lowest BCUT2D eigenvalue weighted by atomic mass is 10.2. The van der Waals surface area contributed by atoms with E-state index in [-0.39, 0.29) is 29.0 Å². The van der Waals surface area contributed by atoms with Crippen molar-refractivity contribution >= 4 is 33.6 Å². The molecule has 0 spiro atoms. The van der Waals surface area contributed by atoms with Crippen molar-refractivity contribution < 1.29 is 23.1 Å². The van der Waals surface area contributed by atoms with E-state index >= 15 is 0 Å². The summed E-state index contributed by atoms with van der Waals surface area (Å²) in [5.41, 5.74) is 0. The summed E-state index contributed by atoms with van der Waals surface area (Å²) in [5, 5.41) is 9.09. The lowest BCUT2D eigenvalue weighted by molar-refractivity contribution is -0.141. The number of carboxylic acid groups (broad SMARTS) is 1. The van der Waals surface area contributed by atoms with Gasteiger partial charge in [0.1, 0.15) is 6.04 Å². The second-order valence-electron chi connectivity index (χ2n) is 5.41. The number of thioether (sulfide) groups is 1. The molecule has 2 aliphatic rings. The van der Waals surface area contributed by atoms with Crippen molar-refractivity contribution in [3.63, 3.8) is 0 Å². The van der Waals surface area contributed by atoms with Crippen LogP contribution in [0.1, 0.15) is 19.8 Å². The van der Waals surface area contributed by atoms with Crippen LogP contribution in [0.2, 0.25) is 0 Å². The zero-order valence-electron chi connectivity index (χ0n) is 12.1. The quantitative estimate of drug-likeness (QED) is 0.805. The molecule has 1 N–H and O–H groups in total. The molecule has 2 aliphatic heterocycles. The van der Waals surface area contributed by atoms with Crippen LogP contribution in [0.3, 0.4) is 0 Å². The highest BCUT2D eigenvalue weighted by Gasteiger charge is 2.44. The molecule has 0 aromatic rings. The van der Waals surface area contributed by atoms with Crippen molar-refractivity contribution in [2.24, 2.45) is 0 Å².